The van der Waals surface area contributed by atoms with E-state index in [1.165, 1.54) is 0 Å². The molecule has 0 spiro atoms. The molecule has 1 aliphatic rings. The summed E-state index contributed by atoms with van der Waals surface area (Å²) in [5, 5.41) is 16.9. The highest BCUT2D eigenvalue weighted by Gasteiger charge is 2.35. The zero-order valence-corrected chi connectivity index (χ0v) is 17.1. The third-order valence-electron chi connectivity index (χ3n) is 5.26. The van der Waals surface area contributed by atoms with Crippen LogP contribution < -0.4 is 10.6 Å². The van der Waals surface area contributed by atoms with E-state index in [-0.39, 0.29) is 11.9 Å². The number of morpholine rings is 1. The quantitative estimate of drug-likeness (QED) is 0.435. The minimum Gasteiger partial charge on any atom is -0.379 e. The number of nitrogens with one attached hydrogen (secondary N) is 2. The number of carbonyl (C=O) groups is 2. The summed E-state index contributed by atoms with van der Waals surface area (Å²) in [5.41, 5.74) is -0.937. The lowest BCUT2D eigenvalue weighted by atomic mass is 9.97. The van der Waals surface area contributed by atoms with Crippen LogP contribution >= 0.6 is 0 Å². The molecule has 1 saturated heterocycles. The molecular weight excluding hydrogens is 358 g/mol. The zero-order valence-electron chi connectivity index (χ0n) is 17.1. The van der Waals surface area contributed by atoms with Gasteiger partial charge in [0, 0.05) is 37.7 Å². The molecule has 7 heteroatoms. The van der Waals surface area contributed by atoms with E-state index in [4.69, 9.17) is 4.74 Å². The van der Waals surface area contributed by atoms with Crippen LogP contribution in [0.2, 0.25) is 0 Å². The summed E-state index contributed by atoms with van der Waals surface area (Å²) in [6.07, 6.45) is 1.11. The van der Waals surface area contributed by atoms with E-state index >= 15 is 0 Å². The summed E-state index contributed by atoms with van der Waals surface area (Å²) in [6.45, 7) is 8.97. The van der Waals surface area contributed by atoms with Crippen molar-refractivity contribution >= 4 is 11.8 Å². The number of carbonyl (C=O) groups excluding carboxylic acids is 2. The summed E-state index contributed by atoms with van der Waals surface area (Å²) in [6, 6.07) is 9.06. The molecule has 3 atom stereocenters. The lowest BCUT2D eigenvalue weighted by molar-refractivity contribution is -0.140. The van der Waals surface area contributed by atoms with Crippen LogP contribution in [-0.4, -0.2) is 60.7 Å². The van der Waals surface area contributed by atoms with Crippen molar-refractivity contribution in [2.24, 2.45) is 5.92 Å². The minimum atomic E-state index is -1.54. The van der Waals surface area contributed by atoms with Crippen LogP contribution in [0.1, 0.15) is 39.2 Å². The summed E-state index contributed by atoms with van der Waals surface area (Å²) in [7, 11) is 0. The minimum absolute atomic E-state index is 0.00271. The fourth-order valence-electron chi connectivity index (χ4n) is 3.04. The zero-order chi connectivity index (χ0) is 20.6. The normalized spacial score (nSPS) is 19.3. The van der Waals surface area contributed by atoms with Gasteiger partial charge >= 0.3 is 0 Å². The van der Waals surface area contributed by atoms with Crippen LogP contribution in [0.25, 0.3) is 0 Å². The Balaban J connectivity index is 2.08. The van der Waals surface area contributed by atoms with Crippen LogP contribution in [0.4, 0.5) is 0 Å². The first kappa shape index (κ1) is 22.3. The van der Waals surface area contributed by atoms with Crippen molar-refractivity contribution in [1.29, 1.82) is 0 Å². The molecule has 1 heterocycles. The highest BCUT2D eigenvalue weighted by molar-refractivity contribution is 6.00. The average Bonchev–Trinajstić information content (AvgIpc) is 2.72. The maximum absolute atomic E-state index is 12.7. The molecule has 0 aromatic heterocycles. The molecule has 0 radical (unpaired) electrons. The highest BCUT2D eigenvalue weighted by Crippen LogP contribution is 2.23. The first-order chi connectivity index (χ1) is 13.4. The Kier molecular flexibility index (Phi) is 8.41. The number of ether oxygens (including phenoxy) is 1. The third kappa shape index (κ3) is 6.29. The van der Waals surface area contributed by atoms with Gasteiger partial charge in [-0.3, -0.25) is 14.5 Å². The van der Waals surface area contributed by atoms with Gasteiger partial charge in [0.15, 0.2) is 5.72 Å². The summed E-state index contributed by atoms with van der Waals surface area (Å²) in [5.74, 6) is -1.72. The van der Waals surface area contributed by atoms with E-state index in [9.17, 15) is 14.7 Å². The first-order valence-corrected chi connectivity index (χ1v) is 10.1. The van der Waals surface area contributed by atoms with Crippen molar-refractivity contribution in [2.45, 2.75) is 45.4 Å². The molecule has 1 unspecified atom stereocenters. The van der Waals surface area contributed by atoms with Crippen molar-refractivity contribution in [3.63, 3.8) is 0 Å². The summed E-state index contributed by atoms with van der Waals surface area (Å²) < 4.78 is 5.36. The van der Waals surface area contributed by atoms with Crippen molar-refractivity contribution in [1.82, 2.24) is 15.5 Å². The van der Waals surface area contributed by atoms with E-state index in [1.807, 2.05) is 32.0 Å². The summed E-state index contributed by atoms with van der Waals surface area (Å²) >= 11 is 0. The molecule has 7 nitrogen and oxygen atoms in total. The number of hydrogen-bond donors (Lipinski definition) is 3. The van der Waals surface area contributed by atoms with Crippen LogP contribution in [0.3, 0.4) is 0 Å². The largest absolute Gasteiger partial charge is 0.379 e. The van der Waals surface area contributed by atoms with Gasteiger partial charge in [0.05, 0.1) is 13.2 Å². The molecule has 1 aliphatic heterocycles. The van der Waals surface area contributed by atoms with Gasteiger partial charge in [-0.05, 0) is 20.3 Å². The second-order valence-electron chi connectivity index (χ2n) is 7.46. The Bertz CT molecular complexity index is 634. The van der Waals surface area contributed by atoms with Gasteiger partial charge in [-0.2, -0.15) is 0 Å². The van der Waals surface area contributed by atoms with Gasteiger partial charge in [0.25, 0.3) is 0 Å². The second-order valence-corrected chi connectivity index (χ2v) is 7.46. The Morgan fingerprint density at radius 2 is 1.82 bits per heavy atom. The van der Waals surface area contributed by atoms with E-state index in [0.29, 0.717) is 31.7 Å². The average molecular weight is 392 g/mol. The number of hydrogen-bond acceptors (Lipinski definition) is 5. The fraction of sp³-hybridized carbons (Fsp3) is 0.619. The predicted octanol–water partition coefficient (Wildman–Crippen LogP) is 1.22. The first-order valence-electron chi connectivity index (χ1n) is 10.1. The van der Waals surface area contributed by atoms with Crippen molar-refractivity contribution in [2.75, 3.05) is 32.8 Å². The molecular formula is C21H33N3O4. The van der Waals surface area contributed by atoms with E-state index < -0.39 is 17.6 Å². The highest BCUT2D eigenvalue weighted by atomic mass is 16.5. The topological polar surface area (TPSA) is 90.9 Å². The number of benzene rings is 1. The SMILES string of the molecule is CCC(C)NC(=O)[C@H](C)C(=O)N[C@](O)(CCN1CCOCC1)c1ccccc1. The van der Waals surface area contributed by atoms with Gasteiger partial charge in [-0.25, -0.2) is 0 Å². The molecule has 2 rings (SSSR count). The van der Waals surface area contributed by atoms with Crippen LogP contribution in [0.15, 0.2) is 30.3 Å². The van der Waals surface area contributed by atoms with E-state index in [1.54, 1.807) is 19.1 Å². The molecule has 0 saturated carbocycles. The van der Waals surface area contributed by atoms with Gasteiger partial charge in [-0.15, -0.1) is 0 Å². The number of amides is 2. The Morgan fingerprint density at radius 1 is 1.18 bits per heavy atom. The van der Waals surface area contributed by atoms with Crippen LogP contribution in [-0.2, 0) is 20.1 Å². The Labute approximate surface area is 167 Å². The fourth-order valence-corrected chi connectivity index (χ4v) is 3.04. The maximum Gasteiger partial charge on any atom is 0.234 e. The van der Waals surface area contributed by atoms with Crippen molar-refractivity contribution in [3.05, 3.63) is 35.9 Å². The van der Waals surface area contributed by atoms with Crippen LogP contribution in [0, 0.1) is 5.92 Å². The van der Waals surface area contributed by atoms with Gasteiger partial charge < -0.3 is 20.5 Å². The molecule has 156 valence electrons. The molecule has 2 amide bonds. The molecule has 1 aromatic carbocycles. The van der Waals surface area contributed by atoms with Gasteiger partial charge in [0.2, 0.25) is 11.8 Å². The molecule has 0 bridgehead atoms. The third-order valence-corrected chi connectivity index (χ3v) is 5.26. The Morgan fingerprint density at radius 3 is 2.43 bits per heavy atom. The molecule has 1 aromatic rings. The molecule has 1 fully saturated rings. The summed E-state index contributed by atoms with van der Waals surface area (Å²) in [4.78, 5) is 27.2. The van der Waals surface area contributed by atoms with E-state index in [0.717, 1.165) is 19.5 Å². The van der Waals surface area contributed by atoms with Gasteiger partial charge in [-0.1, -0.05) is 37.3 Å². The number of aliphatic hydroxyl groups is 1. The van der Waals surface area contributed by atoms with E-state index in [2.05, 4.69) is 15.5 Å². The smallest absolute Gasteiger partial charge is 0.234 e. The molecule has 3 N–H and O–H groups in total. The number of nitrogens with zero attached hydrogens (tertiary/aromatic N) is 1. The maximum atomic E-state index is 12.7. The molecule has 0 aliphatic carbocycles. The van der Waals surface area contributed by atoms with Crippen molar-refractivity contribution in [3.8, 4) is 0 Å². The number of rotatable bonds is 9. The van der Waals surface area contributed by atoms with Crippen LogP contribution in [0.5, 0.6) is 0 Å². The van der Waals surface area contributed by atoms with Crippen molar-refractivity contribution < 1.29 is 19.4 Å². The predicted molar refractivity (Wildman–Crippen MR) is 107 cm³/mol. The van der Waals surface area contributed by atoms with Gasteiger partial charge in [0.1, 0.15) is 5.92 Å². The second kappa shape index (κ2) is 10.5. The standard InChI is InChI=1S/C21H33N3O4/c1-4-16(2)22-19(25)17(3)20(26)23-21(27,18-8-6-5-7-9-18)10-11-24-12-14-28-15-13-24/h5-9,16-17,27H,4,10-15H2,1-3H3,(H,22,25)(H,23,26)/t16?,17-,21-/m0/s1. The Hall–Kier alpha value is -1.96. The monoisotopic (exact) mass is 391 g/mol. The lowest BCUT2D eigenvalue weighted by Crippen LogP contribution is -2.52. The lowest BCUT2D eigenvalue weighted by Gasteiger charge is -2.34. The molecule has 28 heavy (non-hydrogen) atoms.